The summed E-state index contributed by atoms with van der Waals surface area (Å²) in [7, 11) is 0. The minimum Gasteiger partial charge on any atom is -0.454 e. The monoisotopic (exact) mass is 404 g/mol. The number of rotatable bonds is 5. The van der Waals surface area contributed by atoms with Crippen LogP contribution in [0.4, 0.5) is 4.79 Å². The molecule has 0 aromatic heterocycles. The quantitative estimate of drug-likeness (QED) is 0.750. The van der Waals surface area contributed by atoms with E-state index in [1.165, 1.54) is 0 Å². The molecule has 0 aliphatic carbocycles. The molecule has 3 aliphatic rings. The molecule has 3 amide bonds. The zero-order chi connectivity index (χ0) is 19.5. The topological polar surface area (TPSA) is 94.2 Å². The van der Waals surface area contributed by atoms with Gasteiger partial charge in [-0.25, -0.2) is 0 Å². The van der Waals surface area contributed by atoms with Crippen molar-refractivity contribution in [2.75, 3.05) is 33.1 Å². The van der Waals surface area contributed by atoms with Gasteiger partial charge in [0, 0.05) is 32.2 Å². The van der Waals surface area contributed by atoms with Crippen molar-refractivity contribution in [2.45, 2.75) is 12.8 Å². The first kappa shape index (κ1) is 18.8. The first-order chi connectivity index (χ1) is 13.6. The number of hydrogen-bond donors (Lipinski definition) is 1. The fourth-order valence-electron chi connectivity index (χ4n) is 3.24. The van der Waals surface area contributed by atoms with Gasteiger partial charge in [-0.05, 0) is 48.4 Å². The fourth-order valence-corrected chi connectivity index (χ4v) is 4.11. The molecule has 4 rings (SSSR count). The van der Waals surface area contributed by atoms with Gasteiger partial charge in [-0.2, -0.15) is 0 Å². The van der Waals surface area contributed by atoms with E-state index in [9.17, 15) is 14.4 Å². The lowest BCUT2D eigenvalue weighted by atomic mass is 9.99. The van der Waals surface area contributed by atoms with Gasteiger partial charge in [-0.1, -0.05) is 6.07 Å². The molecule has 0 spiro atoms. The zero-order valence-electron chi connectivity index (χ0n) is 15.1. The second-order valence-electron chi connectivity index (χ2n) is 6.62. The molecule has 0 bridgehead atoms. The number of ether oxygens (including phenoxy) is 3. The molecule has 2 fully saturated rings. The van der Waals surface area contributed by atoms with Crippen molar-refractivity contribution in [3.63, 3.8) is 0 Å². The molecular weight excluding hydrogens is 384 g/mol. The lowest BCUT2D eigenvalue weighted by Crippen LogP contribution is -2.40. The second kappa shape index (κ2) is 8.24. The third-order valence-electron chi connectivity index (χ3n) is 4.79. The molecular formula is C19H20N2O6S. The van der Waals surface area contributed by atoms with Crippen LogP contribution in [0, 0.1) is 5.92 Å². The molecule has 0 saturated carbocycles. The maximum atomic E-state index is 12.6. The maximum absolute atomic E-state index is 12.6. The number of hydrogen-bond acceptors (Lipinski definition) is 7. The van der Waals surface area contributed by atoms with E-state index < -0.39 is 0 Å². The lowest BCUT2D eigenvalue weighted by molar-refractivity contribution is -0.128. The fraction of sp³-hybridized carbons (Fsp3) is 0.421. The Morgan fingerprint density at radius 3 is 2.82 bits per heavy atom. The zero-order valence-corrected chi connectivity index (χ0v) is 16.0. The van der Waals surface area contributed by atoms with Crippen molar-refractivity contribution < 1.29 is 28.6 Å². The van der Waals surface area contributed by atoms with E-state index in [2.05, 4.69) is 5.32 Å². The molecule has 3 heterocycles. The number of carbonyl (C=O) groups excluding carboxylic acids is 3. The van der Waals surface area contributed by atoms with Gasteiger partial charge in [0.2, 0.25) is 12.7 Å². The average molecular weight is 404 g/mol. The van der Waals surface area contributed by atoms with Gasteiger partial charge in [0.25, 0.3) is 11.1 Å². The van der Waals surface area contributed by atoms with Crippen LogP contribution in [0.25, 0.3) is 6.08 Å². The van der Waals surface area contributed by atoms with Crippen LogP contribution in [0.3, 0.4) is 0 Å². The van der Waals surface area contributed by atoms with Gasteiger partial charge in [0.15, 0.2) is 11.5 Å². The highest BCUT2D eigenvalue weighted by Crippen LogP contribution is 2.36. The van der Waals surface area contributed by atoms with Gasteiger partial charge in [-0.3, -0.25) is 19.3 Å². The van der Waals surface area contributed by atoms with E-state index in [0.29, 0.717) is 42.5 Å². The summed E-state index contributed by atoms with van der Waals surface area (Å²) in [5.74, 6) is 0.808. The molecule has 1 aromatic carbocycles. The van der Waals surface area contributed by atoms with Gasteiger partial charge >= 0.3 is 0 Å². The standard InChI is InChI=1S/C19H20N2O6S/c22-17(13-3-7-25-8-4-13)20-5-6-21-18(23)16(28-19(21)24)10-12-1-2-14-15(9-12)27-11-26-14/h1-2,9-10,13H,3-8,11H2,(H,20,22)/b16-10-. The predicted octanol–water partition coefficient (Wildman–Crippen LogP) is 1.99. The summed E-state index contributed by atoms with van der Waals surface area (Å²) in [5.41, 5.74) is 0.752. The SMILES string of the molecule is O=C(NCCN1C(=O)S/C(=C\c2ccc3c(c2)OCO3)C1=O)C1CCOCC1. The van der Waals surface area contributed by atoms with E-state index >= 15 is 0 Å². The number of nitrogens with one attached hydrogen (secondary N) is 1. The van der Waals surface area contributed by atoms with Crippen molar-refractivity contribution in [3.05, 3.63) is 28.7 Å². The molecule has 9 heteroatoms. The van der Waals surface area contributed by atoms with Crippen molar-refractivity contribution in [1.82, 2.24) is 10.2 Å². The molecule has 28 heavy (non-hydrogen) atoms. The molecule has 1 N–H and O–H groups in total. The molecule has 0 atom stereocenters. The molecule has 8 nitrogen and oxygen atoms in total. The summed E-state index contributed by atoms with van der Waals surface area (Å²) < 4.78 is 15.8. The van der Waals surface area contributed by atoms with Crippen molar-refractivity contribution in [2.24, 2.45) is 5.92 Å². The van der Waals surface area contributed by atoms with Crippen LogP contribution < -0.4 is 14.8 Å². The third-order valence-corrected chi connectivity index (χ3v) is 5.70. The Morgan fingerprint density at radius 2 is 2.00 bits per heavy atom. The second-order valence-corrected chi connectivity index (χ2v) is 7.62. The summed E-state index contributed by atoms with van der Waals surface area (Å²) in [6.07, 6.45) is 3.06. The molecule has 0 radical (unpaired) electrons. The highest BCUT2D eigenvalue weighted by molar-refractivity contribution is 8.18. The van der Waals surface area contributed by atoms with Crippen LogP contribution in [0.15, 0.2) is 23.1 Å². The van der Waals surface area contributed by atoms with Gasteiger partial charge in [0.1, 0.15) is 0 Å². The maximum Gasteiger partial charge on any atom is 0.293 e. The molecule has 1 aromatic rings. The number of amides is 3. The Kier molecular flexibility index (Phi) is 5.54. The first-order valence-corrected chi connectivity index (χ1v) is 9.94. The Labute approximate surface area is 166 Å². The van der Waals surface area contributed by atoms with Gasteiger partial charge < -0.3 is 19.5 Å². The summed E-state index contributed by atoms with van der Waals surface area (Å²) in [6, 6.07) is 5.34. The van der Waals surface area contributed by atoms with E-state index in [1.807, 2.05) is 0 Å². The minimum atomic E-state index is -0.354. The number of nitrogens with zero attached hydrogens (tertiary/aromatic N) is 1. The summed E-state index contributed by atoms with van der Waals surface area (Å²) >= 11 is 0.894. The van der Waals surface area contributed by atoms with Crippen molar-refractivity contribution >= 4 is 34.9 Å². The Hall–Kier alpha value is -2.52. The third kappa shape index (κ3) is 4.00. The van der Waals surface area contributed by atoms with Crippen LogP contribution in [0.2, 0.25) is 0 Å². The van der Waals surface area contributed by atoms with Crippen LogP contribution in [-0.2, 0) is 14.3 Å². The number of imide groups is 1. The van der Waals surface area contributed by atoms with E-state index in [-0.39, 0.29) is 42.9 Å². The normalized spacial score (nSPS) is 20.9. The minimum absolute atomic E-state index is 0.0498. The van der Waals surface area contributed by atoms with E-state index in [0.717, 1.165) is 22.2 Å². The summed E-state index contributed by atoms with van der Waals surface area (Å²) in [6.45, 7) is 1.75. The first-order valence-electron chi connectivity index (χ1n) is 9.12. The molecule has 0 unspecified atom stereocenters. The Morgan fingerprint density at radius 1 is 1.21 bits per heavy atom. The average Bonchev–Trinajstić information content (AvgIpc) is 3.28. The van der Waals surface area contributed by atoms with Crippen LogP contribution in [0.1, 0.15) is 18.4 Å². The Bertz CT molecular complexity index is 834. The Balaban J connectivity index is 1.34. The predicted molar refractivity (Wildman–Crippen MR) is 102 cm³/mol. The van der Waals surface area contributed by atoms with Crippen molar-refractivity contribution in [3.8, 4) is 11.5 Å². The largest absolute Gasteiger partial charge is 0.454 e. The van der Waals surface area contributed by atoms with Crippen LogP contribution >= 0.6 is 11.8 Å². The lowest BCUT2D eigenvalue weighted by Gasteiger charge is -2.21. The number of carbonyl (C=O) groups is 3. The number of fused-ring (bicyclic) bond motifs is 1. The van der Waals surface area contributed by atoms with Crippen molar-refractivity contribution in [1.29, 1.82) is 0 Å². The smallest absolute Gasteiger partial charge is 0.293 e. The summed E-state index contributed by atoms with van der Waals surface area (Å²) in [5, 5.41) is 2.48. The van der Waals surface area contributed by atoms with Crippen LogP contribution in [0.5, 0.6) is 11.5 Å². The molecule has 148 valence electrons. The number of benzene rings is 1. The van der Waals surface area contributed by atoms with Gasteiger partial charge in [-0.15, -0.1) is 0 Å². The summed E-state index contributed by atoms with van der Waals surface area (Å²) in [4.78, 5) is 38.4. The number of thioether (sulfide) groups is 1. The highest BCUT2D eigenvalue weighted by Gasteiger charge is 2.35. The van der Waals surface area contributed by atoms with E-state index in [4.69, 9.17) is 14.2 Å². The highest BCUT2D eigenvalue weighted by atomic mass is 32.2. The van der Waals surface area contributed by atoms with Gasteiger partial charge in [0.05, 0.1) is 4.91 Å². The molecule has 3 aliphatic heterocycles. The van der Waals surface area contributed by atoms with Crippen LogP contribution in [-0.4, -0.2) is 55.0 Å². The molecule has 2 saturated heterocycles. The van der Waals surface area contributed by atoms with E-state index in [1.54, 1.807) is 24.3 Å².